The van der Waals surface area contributed by atoms with E-state index in [4.69, 9.17) is 17.0 Å². The Balaban J connectivity index is 1.73. The number of ether oxygens (including phenoxy) is 1. The van der Waals surface area contributed by atoms with Crippen LogP contribution in [0.3, 0.4) is 0 Å². The zero-order chi connectivity index (χ0) is 18.7. The Morgan fingerprint density at radius 1 is 1.31 bits per heavy atom. The van der Waals surface area contributed by atoms with E-state index in [1.807, 2.05) is 19.1 Å². The van der Waals surface area contributed by atoms with Crippen LogP contribution in [0.5, 0.6) is 5.75 Å². The molecule has 0 radical (unpaired) electrons. The Morgan fingerprint density at radius 2 is 2.12 bits per heavy atom. The number of hydrogen-bond donors (Lipinski definition) is 1. The lowest BCUT2D eigenvalue weighted by Gasteiger charge is -2.09. The van der Waals surface area contributed by atoms with Gasteiger partial charge in [-0.2, -0.15) is 0 Å². The Hall–Kier alpha value is -2.25. The molecule has 1 N–H and O–H groups in total. The SMILES string of the molecule is CCN1C(=O)/C(=C/c2ccc(OCc3cccc(F)c3)c(Br)c2)NC1=S. The van der Waals surface area contributed by atoms with E-state index in [0.29, 0.717) is 23.1 Å². The fourth-order valence-electron chi connectivity index (χ4n) is 2.54. The number of nitrogens with one attached hydrogen (secondary N) is 1. The van der Waals surface area contributed by atoms with Crippen LogP contribution in [0.4, 0.5) is 4.39 Å². The molecule has 0 saturated carbocycles. The summed E-state index contributed by atoms with van der Waals surface area (Å²) in [5.41, 5.74) is 2.01. The van der Waals surface area contributed by atoms with Gasteiger partial charge >= 0.3 is 0 Å². The van der Waals surface area contributed by atoms with Crippen molar-refractivity contribution in [2.45, 2.75) is 13.5 Å². The van der Waals surface area contributed by atoms with E-state index in [1.165, 1.54) is 17.0 Å². The quantitative estimate of drug-likeness (QED) is 0.564. The van der Waals surface area contributed by atoms with Crippen LogP contribution in [0.1, 0.15) is 18.1 Å². The Morgan fingerprint density at radius 3 is 2.77 bits per heavy atom. The minimum atomic E-state index is -0.292. The van der Waals surface area contributed by atoms with E-state index < -0.39 is 0 Å². The van der Waals surface area contributed by atoms with Gasteiger partial charge in [-0.1, -0.05) is 18.2 Å². The number of amides is 1. The summed E-state index contributed by atoms with van der Waals surface area (Å²) in [6.07, 6.45) is 1.74. The number of hydrogen-bond acceptors (Lipinski definition) is 3. The van der Waals surface area contributed by atoms with Crippen LogP contribution in [-0.4, -0.2) is 22.5 Å². The third kappa shape index (κ3) is 4.11. The van der Waals surface area contributed by atoms with Crippen LogP contribution in [0.15, 0.2) is 52.6 Å². The fourth-order valence-corrected chi connectivity index (χ4v) is 3.37. The summed E-state index contributed by atoms with van der Waals surface area (Å²) in [6, 6.07) is 11.8. The standard InChI is InChI=1S/C19H16BrFN2O2S/c1-2-23-18(24)16(22-19(23)26)10-12-6-7-17(15(20)9-12)25-11-13-4-3-5-14(21)8-13/h3-10H,2,11H2,1H3,(H,22,26)/b16-10-. The molecule has 0 atom stereocenters. The summed E-state index contributed by atoms with van der Waals surface area (Å²) in [5, 5.41) is 3.34. The molecule has 2 aromatic carbocycles. The second-order valence-corrected chi connectivity index (χ2v) is 6.89. The highest BCUT2D eigenvalue weighted by Gasteiger charge is 2.28. The second kappa shape index (κ2) is 7.97. The molecular formula is C19H16BrFN2O2S. The zero-order valence-electron chi connectivity index (χ0n) is 14.0. The van der Waals surface area contributed by atoms with Crippen molar-refractivity contribution in [3.63, 3.8) is 0 Å². The first-order valence-electron chi connectivity index (χ1n) is 7.99. The molecule has 3 rings (SSSR count). The van der Waals surface area contributed by atoms with Crippen LogP contribution < -0.4 is 10.1 Å². The average molecular weight is 435 g/mol. The van der Waals surface area contributed by atoms with Gasteiger partial charge in [-0.3, -0.25) is 9.69 Å². The molecule has 1 saturated heterocycles. The van der Waals surface area contributed by atoms with Gasteiger partial charge in [0.15, 0.2) is 5.11 Å². The molecule has 1 fully saturated rings. The molecular weight excluding hydrogens is 419 g/mol. The molecule has 1 amide bonds. The third-order valence-corrected chi connectivity index (χ3v) is 4.77. The zero-order valence-corrected chi connectivity index (χ0v) is 16.4. The normalized spacial score (nSPS) is 15.5. The van der Waals surface area contributed by atoms with Crippen molar-refractivity contribution in [3.8, 4) is 5.75 Å². The first kappa shape index (κ1) is 18.5. The number of carbonyl (C=O) groups excluding carboxylic acids is 1. The molecule has 0 aliphatic carbocycles. The first-order valence-corrected chi connectivity index (χ1v) is 9.19. The van der Waals surface area contributed by atoms with Gasteiger partial charge in [-0.25, -0.2) is 4.39 Å². The summed E-state index contributed by atoms with van der Waals surface area (Å²) < 4.78 is 19.7. The first-order chi connectivity index (χ1) is 12.5. The van der Waals surface area contributed by atoms with E-state index in [0.717, 1.165) is 15.6 Å². The van der Waals surface area contributed by atoms with E-state index in [-0.39, 0.29) is 18.3 Å². The minimum Gasteiger partial charge on any atom is -0.488 e. The van der Waals surface area contributed by atoms with Gasteiger partial charge in [0.2, 0.25) is 0 Å². The summed E-state index contributed by atoms with van der Waals surface area (Å²) in [6.45, 7) is 2.66. The molecule has 0 aromatic heterocycles. The van der Waals surface area contributed by atoms with Crippen LogP contribution >= 0.6 is 28.1 Å². The maximum absolute atomic E-state index is 13.2. The van der Waals surface area contributed by atoms with Gasteiger partial charge in [0, 0.05) is 6.54 Å². The topological polar surface area (TPSA) is 41.6 Å². The summed E-state index contributed by atoms with van der Waals surface area (Å²) in [5.74, 6) is 0.202. The molecule has 134 valence electrons. The lowest BCUT2D eigenvalue weighted by Crippen LogP contribution is -2.30. The van der Waals surface area contributed by atoms with Crippen LogP contribution in [0, 0.1) is 5.82 Å². The lowest BCUT2D eigenvalue weighted by molar-refractivity contribution is -0.122. The van der Waals surface area contributed by atoms with Crippen molar-refractivity contribution in [2.75, 3.05) is 6.54 Å². The van der Waals surface area contributed by atoms with Crippen molar-refractivity contribution in [3.05, 3.63) is 69.6 Å². The highest BCUT2D eigenvalue weighted by atomic mass is 79.9. The van der Waals surface area contributed by atoms with Gasteiger partial charge in [0.05, 0.1) is 4.47 Å². The largest absolute Gasteiger partial charge is 0.488 e. The molecule has 1 heterocycles. The van der Waals surface area contributed by atoms with Gasteiger partial charge < -0.3 is 10.1 Å². The van der Waals surface area contributed by atoms with Crippen molar-refractivity contribution < 1.29 is 13.9 Å². The fraction of sp³-hybridized carbons (Fsp3) is 0.158. The summed E-state index contributed by atoms with van der Waals surface area (Å²) in [4.78, 5) is 13.7. The third-order valence-electron chi connectivity index (χ3n) is 3.83. The summed E-state index contributed by atoms with van der Waals surface area (Å²) >= 11 is 8.61. The maximum Gasteiger partial charge on any atom is 0.276 e. The van der Waals surface area contributed by atoms with E-state index in [2.05, 4.69) is 21.2 Å². The smallest absolute Gasteiger partial charge is 0.276 e. The lowest BCUT2D eigenvalue weighted by atomic mass is 10.2. The number of carbonyl (C=O) groups is 1. The highest BCUT2D eigenvalue weighted by Crippen LogP contribution is 2.28. The molecule has 1 aliphatic heterocycles. The number of benzene rings is 2. The Labute approximate surface area is 164 Å². The number of likely N-dealkylation sites (N-methyl/N-ethyl adjacent to an activating group) is 1. The van der Waals surface area contributed by atoms with Crippen LogP contribution in [0.2, 0.25) is 0 Å². The van der Waals surface area contributed by atoms with Crippen LogP contribution in [0.25, 0.3) is 6.08 Å². The average Bonchev–Trinajstić information content (AvgIpc) is 2.87. The predicted octanol–water partition coefficient (Wildman–Crippen LogP) is 4.24. The van der Waals surface area contributed by atoms with Crippen molar-refractivity contribution in [2.24, 2.45) is 0 Å². The number of rotatable bonds is 5. The van der Waals surface area contributed by atoms with Gasteiger partial charge in [0.1, 0.15) is 23.9 Å². The van der Waals surface area contributed by atoms with Crippen LogP contribution in [-0.2, 0) is 11.4 Å². The Kier molecular flexibility index (Phi) is 5.68. The molecule has 26 heavy (non-hydrogen) atoms. The Bertz CT molecular complexity index is 901. The summed E-state index contributed by atoms with van der Waals surface area (Å²) in [7, 11) is 0. The molecule has 1 aliphatic rings. The van der Waals surface area contributed by atoms with Crippen molar-refractivity contribution in [1.82, 2.24) is 10.2 Å². The van der Waals surface area contributed by atoms with Crippen molar-refractivity contribution >= 4 is 45.2 Å². The minimum absolute atomic E-state index is 0.139. The molecule has 2 aromatic rings. The van der Waals surface area contributed by atoms with Gasteiger partial charge in [0.25, 0.3) is 5.91 Å². The number of thiocarbonyl (C=S) groups is 1. The molecule has 0 spiro atoms. The highest BCUT2D eigenvalue weighted by molar-refractivity contribution is 9.10. The molecule has 4 nitrogen and oxygen atoms in total. The second-order valence-electron chi connectivity index (χ2n) is 5.65. The molecule has 0 unspecified atom stereocenters. The maximum atomic E-state index is 13.2. The van der Waals surface area contributed by atoms with E-state index in [1.54, 1.807) is 24.3 Å². The van der Waals surface area contributed by atoms with E-state index in [9.17, 15) is 9.18 Å². The van der Waals surface area contributed by atoms with Crippen molar-refractivity contribution in [1.29, 1.82) is 0 Å². The number of halogens is 2. The van der Waals surface area contributed by atoms with Gasteiger partial charge in [-0.15, -0.1) is 0 Å². The van der Waals surface area contributed by atoms with Gasteiger partial charge in [-0.05, 0) is 76.5 Å². The van der Waals surface area contributed by atoms with E-state index >= 15 is 0 Å². The molecule has 0 bridgehead atoms. The number of nitrogens with zero attached hydrogens (tertiary/aromatic N) is 1. The monoisotopic (exact) mass is 434 g/mol. The predicted molar refractivity (Wildman–Crippen MR) is 106 cm³/mol. The molecule has 7 heteroatoms.